The summed E-state index contributed by atoms with van der Waals surface area (Å²) in [4.78, 5) is 3.91. The van der Waals surface area contributed by atoms with Gasteiger partial charge in [0, 0.05) is 12.4 Å². The van der Waals surface area contributed by atoms with E-state index in [-0.39, 0.29) is 0 Å². The first-order chi connectivity index (χ1) is 6.91. The van der Waals surface area contributed by atoms with Crippen molar-refractivity contribution >= 4 is 6.21 Å². The SMILES string of the molecule is C=C/C=C/C=C/C=C\C=C\N=C\C=C. The van der Waals surface area contributed by atoms with Gasteiger partial charge >= 0.3 is 0 Å². The summed E-state index contributed by atoms with van der Waals surface area (Å²) in [6, 6.07) is 0. The molecule has 0 unspecified atom stereocenters. The summed E-state index contributed by atoms with van der Waals surface area (Å²) in [6.45, 7) is 7.07. The van der Waals surface area contributed by atoms with Gasteiger partial charge in [0.05, 0.1) is 0 Å². The minimum atomic E-state index is 1.63. The van der Waals surface area contributed by atoms with Crippen molar-refractivity contribution in [2.24, 2.45) is 4.99 Å². The minimum Gasteiger partial charge on any atom is -0.265 e. The molecule has 0 atom stereocenters. The van der Waals surface area contributed by atoms with Gasteiger partial charge in [-0.25, -0.2) is 0 Å². The quantitative estimate of drug-likeness (QED) is 0.443. The highest BCUT2D eigenvalue weighted by molar-refractivity contribution is 5.70. The summed E-state index contributed by atoms with van der Waals surface area (Å²) in [6.07, 6.45) is 20.0. The molecule has 0 rings (SSSR count). The van der Waals surface area contributed by atoms with Gasteiger partial charge in [0.15, 0.2) is 0 Å². The van der Waals surface area contributed by atoms with E-state index in [2.05, 4.69) is 18.2 Å². The molecule has 0 aromatic rings. The van der Waals surface area contributed by atoms with Crippen LogP contribution in [-0.2, 0) is 0 Å². The van der Waals surface area contributed by atoms with Crippen molar-refractivity contribution in [2.75, 3.05) is 0 Å². The van der Waals surface area contributed by atoms with Crippen molar-refractivity contribution in [3.8, 4) is 0 Å². The summed E-state index contributed by atoms with van der Waals surface area (Å²) < 4.78 is 0. The topological polar surface area (TPSA) is 12.4 Å². The summed E-state index contributed by atoms with van der Waals surface area (Å²) in [7, 11) is 0. The van der Waals surface area contributed by atoms with Gasteiger partial charge in [0.1, 0.15) is 0 Å². The molecular formula is C13H15N. The zero-order chi connectivity index (χ0) is 10.5. The first kappa shape index (κ1) is 12.1. The molecule has 1 nitrogen and oxygen atoms in total. The van der Waals surface area contributed by atoms with Gasteiger partial charge in [0.2, 0.25) is 0 Å². The van der Waals surface area contributed by atoms with E-state index in [4.69, 9.17) is 0 Å². The lowest BCUT2D eigenvalue weighted by Crippen LogP contribution is -1.56. The van der Waals surface area contributed by atoms with Crippen molar-refractivity contribution in [1.82, 2.24) is 0 Å². The molecule has 0 aliphatic heterocycles. The van der Waals surface area contributed by atoms with Crippen LogP contribution >= 0.6 is 0 Å². The Morgan fingerprint density at radius 2 is 1.21 bits per heavy atom. The predicted molar refractivity (Wildman–Crippen MR) is 65.4 cm³/mol. The molecule has 0 saturated carbocycles. The van der Waals surface area contributed by atoms with E-state index in [0.717, 1.165) is 0 Å². The second-order valence-corrected chi connectivity index (χ2v) is 2.27. The number of hydrogen-bond donors (Lipinski definition) is 0. The maximum Gasteiger partial charge on any atom is 0.0267 e. The van der Waals surface area contributed by atoms with Gasteiger partial charge < -0.3 is 0 Å². The highest BCUT2D eigenvalue weighted by atomic mass is 14.6. The van der Waals surface area contributed by atoms with Gasteiger partial charge in [-0.1, -0.05) is 61.8 Å². The molecule has 0 saturated heterocycles. The third-order valence-electron chi connectivity index (χ3n) is 1.17. The van der Waals surface area contributed by atoms with E-state index in [1.165, 1.54) is 0 Å². The Kier molecular flexibility index (Phi) is 9.61. The van der Waals surface area contributed by atoms with Crippen LogP contribution in [-0.4, -0.2) is 6.21 Å². The number of allylic oxidation sites excluding steroid dienone is 9. The number of aliphatic imine (C=N–C) groups is 1. The smallest absolute Gasteiger partial charge is 0.0267 e. The van der Waals surface area contributed by atoms with Gasteiger partial charge in [-0.3, -0.25) is 4.99 Å². The van der Waals surface area contributed by atoms with Crippen LogP contribution in [0.25, 0.3) is 0 Å². The zero-order valence-electron chi connectivity index (χ0n) is 8.21. The van der Waals surface area contributed by atoms with Gasteiger partial charge in [-0.15, -0.1) is 0 Å². The summed E-state index contributed by atoms with van der Waals surface area (Å²) >= 11 is 0. The van der Waals surface area contributed by atoms with E-state index in [1.807, 2.05) is 42.5 Å². The van der Waals surface area contributed by atoms with Crippen molar-refractivity contribution in [3.63, 3.8) is 0 Å². The van der Waals surface area contributed by atoms with E-state index < -0.39 is 0 Å². The third-order valence-corrected chi connectivity index (χ3v) is 1.17. The molecule has 0 amide bonds. The Bertz CT molecular complexity index is 258. The standard InChI is InChI=1S/C13H15N/c1-3-5-6-7-8-9-10-11-13-14-12-4-2/h3-13H,1-2H2/b6-5+,8-7+,10-9-,13-11+,14-12+. The van der Waals surface area contributed by atoms with Crippen LogP contribution in [0.3, 0.4) is 0 Å². The number of hydrogen-bond acceptors (Lipinski definition) is 1. The molecule has 0 fully saturated rings. The Hall–Kier alpha value is -1.89. The molecule has 0 aromatic heterocycles. The first-order valence-corrected chi connectivity index (χ1v) is 4.33. The van der Waals surface area contributed by atoms with Crippen LogP contribution in [0.5, 0.6) is 0 Å². The Morgan fingerprint density at radius 3 is 1.79 bits per heavy atom. The van der Waals surface area contributed by atoms with E-state index >= 15 is 0 Å². The summed E-state index contributed by atoms with van der Waals surface area (Å²) in [5.41, 5.74) is 0. The van der Waals surface area contributed by atoms with Crippen LogP contribution in [0.2, 0.25) is 0 Å². The molecular weight excluding hydrogens is 170 g/mol. The van der Waals surface area contributed by atoms with Crippen molar-refractivity contribution in [3.05, 3.63) is 74.0 Å². The largest absolute Gasteiger partial charge is 0.265 e. The lowest BCUT2D eigenvalue weighted by atomic mass is 10.4. The third kappa shape index (κ3) is 10.1. The average molecular weight is 185 g/mol. The van der Waals surface area contributed by atoms with Crippen LogP contribution in [0.4, 0.5) is 0 Å². The summed E-state index contributed by atoms with van der Waals surface area (Å²) in [5.74, 6) is 0. The Morgan fingerprint density at radius 1 is 0.643 bits per heavy atom. The Labute approximate surface area is 85.9 Å². The monoisotopic (exact) mass is 185 g/mol. The van der Waals surface area contributed by atoms with Crippen molar-refractivity contribution < 1.29 is 0 Å². The van der Waals surface area contributed by atoms with Crippen LogP contribution < -0.4 is 0 Å². The van der Waals surface area contributed by atoms with Gasteiger partial charge in [-0.05, 0) is 6.08 Å². The lowest BCUT2D eigenvalue weighted by molar-refractivity contribution is 1.59. The normalized spacial score (nSPS) is 12.9. The van der Waals surface area contributed by atoms with Crippen LogP contribution in [0, 0.1) is 0 Å². The van der Waals surface area contributed by atoms with Gasteiger partial charge in [0.25, 0.3) is 0 Å². The fraction of sp³-hybridized carbons (Fsp3) is 0. The highest BCUT2D eigenvalue weighted by Gasteiger charge is 1.62. The van der Waals surface area contributed by atoms with Crippen LogP contribution in [0.15, 0.2) is 79.0 Å². The van der Waals surface area contributed by atoms with Crippen LogP contribution in [0.1, 0.15) is 0 Å². The molecule has 14 heavy (non-hydrogen) atoms. The molecule has 72 valence electrons. The fourth-order valence-corrected chi connectivity index (χ4v) is 0.609. The molecule has 0 bridgehead atoms. The fourth-order valence-electron chi connectivity index (χ4n) is 0.609. The average Bonchev–Trinajstić information content (AvgIpc) is 2.21. The second kappa shape index (κ2) is 11.1. The molecule has 0 aromatic carbocycles. The van der Waals surface area contributed by atoms with Crippen molar-refractivity contribution in [2.45, 2.75) is 0 Å². The number of rotatable bonds is 6. The molecule has 0 N–H and O–H groups in total. The van der Waals surface area contributed by atoms with E-state index in [1.54, 1.807) is 24.6 Å². The number of nitrogens with zero attached hydrogens (tertiary/aromatic N) is 1. The summed E-state index contributed by atoms with van der Waals surface area (Å²) in [5, 5.41) is 0. The molecule has 1 heteroatoms. The minimum absolute atomic E-state index is 1.63. The second-order valence-electron chi connectivity index (χ2n) is 2.27. The Balaban J connectivity index is 3.72. The lowest BCUT2D eigenvalue weighted by Gasteiger charge is -1.73. The van der Waals surface area contributed by atoms with E-state index in [0.29, 0.717) is 0 Å². The molecule has 0 aliphatic rings. The molecule has 0 aliphatic carbocycles. The van der Waals surface area contributed by atoms with Gasteiger partial charge in [-0.2, -0.15) is 0 Å². The maximum atomic E-state index is 3.91. The first-order valence-electron chi connectivity index (χ1n) is 4.33. The highest BCUT2D eigenvalue weighted by Crippen LogP contribution is 1.82. The predicted octanol–water partition coefficient (Wildman–Crippen LogP) is 3.61. The molecule has 0 radical (unpaired) electrons. The molecule has 0 spiro atoms. The van der Waals surface area contributed by atoms with Crippen molar-refractivity contribution in [1.29, 1.82) is 0 Å². The molecule has 0 heterocycles. The maximum absolute atomic E-state index is 3.91. The van der Waals surface area contributed by atoms with E-state index in [9.17, 15) is 0 Å². The zero-order valence-corrected chi connectivity index (χ0v) is 8.21.